The topological polar surface area (TPSA) is 69.1 Å². The van der Waals surface area contributed by atoms with Crippen LogP contribution in [0.1, 0.15) is 31.0 Å². The fraction of sp³-hybridized carbons (Fsp3) is 0.308. The molecule has 8 heteroatoms. The molecule has 0 amide bonds. The SMILES string of the molecule is Nc1c(Cl)cc(-c2nn3c(C4CCC4)nnc3s2)cc1Cl. The summed E-state index contributed by atoms with van der Waals surface area (Å²) in [6.07, 6.45) is 3.57. The average Bonchev–Trinajstić information content (AvgIpc) is 2.95. The van der Waals surface area contributed by atoms with Crippen LogP contribution in [-0.2, 0) is 0 Å². The Labute approximate surface area is 134 Å². The van der Waals surface area contributed by atoms with Crippen LogP contribution in [0.15, 0.2) is 12.1 Å². The standard InChI is InChI=1S/C13H11Cl2N5S/c14-8-4-7(5-9(15)10(8)16)12-19-20-11(6-2-1-3-6)17-18-13(20)21-12/h4-6H,1-3,16H2. The van der Waals surface area contributed by atoms with Crippen LogP contribution in [0.4, 0.5) is 5.69 Å². The summed E-state index contributed by atoms with van der Waals surface area (Å²) in [5, 5.41) is 14.7. The Kier molecular flexibility index (Phi) is 3.06. The number of halogens is 2. The van der Waals surface area contributed by atoms with Gasteiger partial charge in [-0.25, -0.2) is 0 Å². The summed E-state index contributed by atoms with van der Waals surface area (Å²) >= 11 is 13.6. The summed E-state index contributed by atoms with van der Waals surface area (Å²) in [4.78, 5) is 0.788. The van der Waals surface area contributed by atoms with Crippen molar-refractivity contribution in [3.05, 3.63) is 28.0 Å². The number of nitrogen functional groups attached to an aromatic ring is 1. The number of benzene rings is 1. The van der Waals surface area contributed by atoms with Gasteiger partial charge in [0, 0.05) is 11.5 Å². The zero-order chi connectivity index (χ0) is 14.6. The fourth-order valence-electron chi connectivity index (χ4n) is 2.38. The third-order valence-corrected chi connectivity index (χ3v) is 5.38. The van der Waals surface area contributed by atoms with E-state index in [-0.39, 0.29) is 0 Å². The molecule has 1 aliphatic rings. The minimum atomic E-state index is 0.389. The molecule has 21 heavy (non-hydrogen) atoms. The van der Waals surface area contributed by atoms with Crippen LogP contribution in [0.25, 0.3) is 15.5 Å². The zero-order valence-corrected chi connectivity index (χ0v) is 13.2. The van der Waals surface area contributed by atoms with Crippen LogP contribution in [0.5, 0.6) is 0 Å². The molecule has 0 unspecified atom stereocenters. The molecular weight excluding hydrogens is 329 g/mol. The van der Waals surface area contributed by atoms with Crippen LogP contribution in [-0.4, -0.2) is 19.8 Å². The molecule has 1 saturated carbocycles. The Balaban J connectivity index is 1.82. The maximum Gasteiger partial charge on any atom is 0.234 e. The fourth-order valence-corrected chi connectivity index (χ4v) is 3.70. The van der Waals surface area contributed by atoms with Crippen molar-refractivity contribution in [1.29, 1.82) is 0 Å². The Morgan fingerprint density at radius 2 is 1.90 bits per heavy atom. The van der Waals surface area contributed by atoms with Crippen molar-refractivity contribution in [3.63, 3.8) is 0 Å². The second-order valence-corrected chi connectivity index (χ2v) is 6.91. The van der Waals surface area contributed by atoms with Crippen LogP contribution in [0, 0.1) is 0 Å². The molecule has 2 aromatic heterocycles. The van der Waals surface area contributed by atoms with Gasteiger partial charge in [0.1, 0.15) is 5.01 Å². The second kappa shape index (κ2) is 4.83. The van der Waals surface area contributed by atoms with E-state index in [0.29, 0.717) is 21.7 Å². The zero-order valence-electron chi connectivity index (χ0n) is 10.9. The van der Waals surface area contributed by atoms with Gasteiger partial charge in [-0.05, 0) is 25.0 Å². The van der Waals surface area contributed by atoms with Gasteiger partial charge in [0.05, 0.1) is 15.7 Å². The molecule has 0 spiro atoms. The molecule has 0 bridgehead atoms. The third-order valence-electron chi connectivity index (χ3n) is 3.81. The minimum Gasteiger partial charge on any atom is -0.396 e. The highest BCUT2D eigenvalue weighted by Gasteiger charge is 2.26. The van der Waals surface area contributed by atoms with Crippen molar-refractivity contribution in [1.82, 2.24) is 19.8 Å². The lowest BCUT2D eigenvalue weighted by molar-refractivity contribution is 0.395. The predicted molar refractivity (Wildman–Crippen MR) is 85.1 cm³/mol. The first-order valence-electron chi connectivity index (χ1n) is 6.60. The first-order chi connectivity index (χ1) is 10.1. The number of anilines is 1. The van der Waals surface area contributed by atoms with E-state index in [9.17, 15) is 0 Å². The molecular formula is C13H11Cl2N5S. The van der Waals surface area contributed by atoms with Crippen molar-refractivity contribution >= 4 is 45.2 Å². The highest BCUT2D eigenvalue weighted by atomic mass is 35.5. The Morgan fingerprint density at radius 3 is 2.52 bits per heavy atom. The molecule has 1 fully saturated rings. The third kappa shape index (κ3) is 2.09. The average molecular weight is 340 g/mol. The first kappa shape index (κ1) is 13.3. The van der Waals surface area contributed by atoms with E-state index in [0.717, 1.165) is 34.2 Å². The molecule has 0 saturated heterocycles. The molecule has 3 aromatic rings. The maximum atomic E-state index is 6.09. The maximum absolute atomic E-state index is 6.09. The summed E-state index contributed by atoms with van der Waals surface area (Å²) < 4.78 is 1.84. The normalized spacial score (nSPS) is 15.5. The lowest BCUT2D eigenvalue weighted by Gasteiger charge is -2.22. The van der Waals surface area contributed by atoms with Crippen LogP contribution in [0.2, 0.25) is 10.0 Å². The summed E-state index contributed by atoms with van der Waals surface area (Å²) in [6.45, 7) is 0. The van der Waals surface area contributed by atoms with Crippen molar-refractivity contribution in [2.45, 2.75) is 25.2 Å². The predicted octanol–water partition coefficient (Wildman–Crippen LogP) is 4.01. The lowest BCUT2D eigenvalue weighted by atomic mass is 9.85. The highest BCUT2D eigenvalue weighted by Crippen LogP contribution is 2.38. The largest absolute Gasteiger partial charge is 0.396 e. The minimum absolute atomic E-state index is 0.389. The van der Waals surface area contributed by atoms with Gasteiger partial charge >= 0.3 is 0 Å². The summed E-state index contributed by atoms with van der Waals surface area (Å²) in [5.41, 5.74) is 7.00. The lowest BCUT2D eigenvalue weighted by Crippen LogP contribution is -2.12. The molecule has 108 valence electrons. The van der Waals surface area contributed by atoms with E-state index < -0.39 is 0 Å². The van der Waals surface area contributed by atoms with E-state index in [2.05, 4.69) is 15.3 Å². The van der Waals surface area contributed by atoms with Crippen LogP contribution in [0.3, 0.4) is 0 Å². The van der Waals surface area contributed by atoms with Gasteiger partial charge in [0.2, 0.25) is 4.96 Å². The van der Waals surface area contributed by atoms with E-state index in [1.54, 1.807) is 12.1 Å². The van der Waals surface area contributed by atoms with E-state index >= 15 is 0 Å². The van der Waals surface area contributed by atoms with Crippen molar-refractivity contribution in [2.75, 3.05) is 5.73 Å². The molecule has 1 aromatic carbocycles. The molecule has 0 atom stereocenters. The molecule has 2 N–H and O–H groups in total. The number of hydrogen-bond acceptors (Lipinski definition) is 5. The summed E-state index contributed by atoms with van der Waals surface area (Å²) in [7, 11) is 0. The highest BCUT2D eigenvalue weighted by molar-refractivity contribution is 7.19. The molecule has 1 aliphatic carbocycles. The van der Waals surface area contributed by atoms with Gasteiger partial charge in [-0.3, -0.25) is 0 Å². The number of nitrogens with two attached hydrogens (primary N) is 1. The van der Waals surface area contributed by atoms with Gasteiger partial charge in [0.15, 0.2) is 5.82 Å². The van der Waals surface area contributed by atoms with Crippen molar-refractivity contribution < 1.29 is 0 Å². The van der Waals surface area contributed by atoms with Gasteiger partial charge < -0.3 is 5.73 Å². The van der Waals surface area contributed by atoms with Gasteiger partial charge in [-0.1, -0.05) is 41.0 Å². The summed E-state index contributed by atoms with van der Waals surface area (Å²) in [6, 6.07) is 3.55. The van der Waals surface area contributed by atoms with Gasteiger partial charge in [0.25, 0.3) is 0 Å². The Morgan fingerprint density at radius 1 is 1.19 bits per heavy atom. The van der Waals surface area contributed by atoms with E-state index in [1.807, 2.05) is 4.52 Å². The Bertz CT molecular complexity index is 813. The molecule has 0 radical (unpaired) electrons. The quantitative estimate of drug-likeness (QED) is 0.716. The first-order valence-corrected chi connectivity index (χ1v) is 8.18. The smallest absolute Gasteiger partial charge is 0.234 e. The van der Waals surface area contributed by atoms with Gasteiger partial charge in [-0.15, -0.1) is 10.2 Å². The van der Waals surface area contributed by atoms with E-state index in [4.69, 9.17) is 28.9 Å². The number of fused-ring (bicyclic) bond motifs is 1. The second-order valence-electron chi connectivity index (χ2n) is 5.14. The number of nitrogens with zero attached hydrogens (tertiary/aromatic N) is 4. The van der Waals surface area contributed by atoms with Crippen molar-refractivity contribution in [2.24, 2.45) is 0 Å². The summed E-state index contributed by atoms with van der Waals surface area (Å²) in [5.74, 6) is 1.43. The van der Waals surface area contributed by atoms with Crippen LogP contribution >= 0.6 is 34.5 Å². The molecule has 4 rings (SSSR count). The van der Waals surface area contributed by atoms with Crippen molar-refractivity contribution in [3.8, 4) is 10.6 Å². The van der Waals surface area contributed by atoms with Crippen LogP contribution < -0.4 is 5.73 Å². The molecule has 2 heterocycles. The van der Waals surface area contributed by atoms with E-state index in [1.165, 1.54) is 17.8 Å². The molecule has 5 nitrogen and oxygen atoms in total. The van der Waals surface area contributed by atoms with Gasteiger partial charge in [-0.2, -0.15) is 9.61 Å². The monoisotopic (exact) mass is 339 g/mol. The molecule has 0 aliphatic heterocycles. The number of rotatable bonds is 2. The number of aromatic nitrogens is 4. The Hall–Kier alpha value is -1.37. The number of hydrogen-bond donors (Lipinski definition) is 1.